The van der Waals surface area contributed by atoms with Crippen molar-refractivity contribution in [2.45, 2.75) is 33.0 Å². The molecule has 1 aromatic carbocycles. The first-order chi connectivity index (χ1) is 9.04. The highest BCUT2D eigenvalue weighted by atomic mass is 19.1. The summed E-state index contributed by atoms with van der Waals surface area (Å²) in [5, 5.41) is 10.3. The van der Waals surface area contributed by atoms with E-state index in [-0.39, 0.29) is 18.3 Å². The van der Waals surface area contributed by atoms with E-state index < -0.39 is 11.0 Å². The smallest absolute Gasteiger partial charge is 0.233 e. The maximum atomic E-state index is 13.4. The first-order valence-corrected chi connectivity index (χ1v) is 6.21. The third kappa shape index (κ3) is 5.18. The van der Waals surface area contributed by atoms with E-state index in [1.807, 2.05) is 13.8 Å². The van der Waals surface area contributed by atoms with Crippen molar-refractivity contribution in [3.63, 3.8) is 0 Å². The lowest BCUT2D eigenvalue weighted by atomic mass is 10.0. The molecule has 1 rings (SSSR count). The number of nitro groups is 1. The van der Waals surface area contributed by atoms with Crippen LogP contribution in [0.25, 0.3) is 0 Å². The Kier molecular flexibility index (Phi) is 6.15. The largest absolute Gasteiger partial charge is 0.369 e. The Bertz CT molecular complexity index is 448. The zero-order valence-electron chi connectivity index (χ0n) is 11.1. The third-order valence-corrected chi connectivity index (χ3v) is 2.99. The molecular weight excluding hydrogens is 249 g/mol. The van der Waals surface area contributed by atoms with Gasteiger partial charge in [0.2, 0.25) is 6.20 Å². The van der Waals surface area contributed by atoms with E-state index in [0.29, 0.717) is 5.56 Å². The summed E-state index contributed by atoms with van der Waals surface area (Å²) in [5.74, 6) is -0.202. The Balaban J connectivity index is 2.68. The van der Waals surface area contributed by atoms with Crippen LogP contribution in [0.5, 0.6) is 0 Å². The Morgan fingerprint density at radius 3 is 2.74 bits per heavy atom. The summed E-state index contributed by atoms with van der Waals surface area (Å²) >= 11 is 0. The van der Waals surface area contributed by atoms with Gasteiger partial charge in [-0.1, -0.05) is 38.5 Å². The lowest BCUT2D eigenvalue weighted by Gasteiger charge is -2.19. The standard InChI is InChI=1S/C14H18FNO3/c1-3-11(2)14(8-9-16(17)18)19-10-12-6-4-5-7-13(12)15/h4-9,11,14H,3,10H2,1-2H3/b9-8+/t11-,14+/m0/s1. The van der Waals surface area contributed by atoms with Crippen LogP contribution in [0.1, 0.15) is 25.8 Å². The summed E-state index contributed by atoms with van der Waals surface area (Å²) in [4.78, 5) is 9.82. The van der Waals surface area contributed by atoms with Gasteiger partial charge in [0.05, 0.1) is 17.6 Å². The fourth-order valence-electron chi connectivity index (χ4n) is 1.60. The van der Waals surface area contributed by atoms with Crippen LogP contribution in [0.3, 0.4) is 0 Å². The predicted octanol–water partition coefficient (Wildman–Crippen LogP) is 3.55. The van der Waals surface area contributed by atoms with Crippen molar-refractivity contribution in [2.24, 2.45) is 5.92 Å². The fraction of sp³-hybridized carbons (Fsp3) is 0.429. The van der Waals surface area contributed by atoms with Crippen molar-refractivity contribution in [3.8, 4) is 0 Å². The average molecular weight is 267 g/mol. The molecule has 5 heteroatoms. The Morgan fingerprint density at radius 1 is 1.47 bits per heavy atom. The van der Waals surface area contributed by atoms with Gasteiger partial charge in [-0.3, -0.25) is 10.1 Å². The highest BCUT2D eigenvalue weighted by molar-refractivity contribution is 5.16. The Morgan fingerprint density at radius 2 is 2.16 bits per heavy atom. The summed E-state index contributed by atoms with van der Waals surface area (Å²) in [6.45, 7) is 4.02. The summed E-state index contributed by atoms with van der Waals surface area (Å²) in [7, 11) is 0. The molecule has 0 bridgehead atoms. The van der Waals surface area contributed by atoms with Crippen molar-refractivity contribution >= 4 is 0 Å². The highest BCUT2D eigenvalue weighted by Gasteiger charge is 2.15. The molecule has 2 atom stereocenters. The van der Waals surface area contributed by atoms with Crippen molar-refractivity contribution in [1.82, 2.24) is 0 Å². The molecule has 104 valence electrons. The number of rotatable bonds is 7. The summed E-state index contributed by atoms with van der Waals surface area (Å²) < 4.78 is 19.0. The van der Waals surface area contributed by atoms with E-state index in [1.54, 1.807) is 18.2 Å². The van der Waals surface area contributed by atoms with Gasteiger partial charge in [0.15, 0.2) is 0 Å². The third-order valence-electron chi connectivity index (χ3n) is 2.99. The number of hydrogen-bond acceptors (Lipinski definition) is 3. The number of hydrogen-bond donors (Lipinski definition) is 0. The van der Waals surface area contributed by atoms with Gasteiger partial charge in [0.1, 0.15) is 5.82 Å². The molecule has 19 heavy (non-hydrogen) atoms. The maximum Gasteiger partial charge on any atom is 0.233 e. The van der Waals surface area contributed by atoms with Crippen LogP contribution in [0, 0.1) is 21.8 Å². The molecule has 4 nitrogen and oxygen atoms in total. The number of nitrogens with zero attached hydrogens (tertiary/aromatic N) is 1. The molecule has 0 radical (unpaired) electrons. The minimum Gasteiger partial charge on any atom is -0.369 e. The van der Waals surface area contributed by atoms with E-state index in [1.165, 1.54) is 12.1 Å². The van der Waals surface area contributed by atoms with Gasteiger partial charge in [-0.05, 0) is 12.0 Å². The summed E-state index contributed by atoms with van der Waals surface area (Å²) in [5.41, 5.74) is 0.449. The number of benzene rings is 1. The molecule has 1 aromatic rings. The summed E-state index contributed by atoms with van der Waals surface area (Å²) in [6.07, 6.45) is 2.71. The van der Waals surface area contributed by atoms with Gasteiger partial charge in [-0.25, -0.2) is 4.39 Å². The lowest BCUT2D eigenvalue weighted by Crippen LogP contribution is -2.19. The van der Waals surface area contributed by atoms with Crippen LogP contribution in [-0.4, -0.2) is 11.0 Å². The molecule has 0 spiro atoms. The minimum atomic E-state index is -0.526. The molecule has 0 N–H and O–H groups in total. The van der Waals surface area contributed by atoms with Crippen LogP contribution >= 0.6 is 0 Å². The monoisotopic (exact) mass is 267 g/mol. The van der Waals surface area contributed by atoms with Crippen LogP contribution in [0.2, 0.25) is 0 Å². The second kappa shape index (κ2) is 7.63. The number of halogens is 1. The van der Waals surface area contributed by atoms with Crippen molar-refractivity contribution in [2.75, 3.05) is 0 Å². The molecule has 0 fully saturated rings. The van der Waals surface area contributed by atoms with E-state index in [9.17, 15) is 14.5 Å². The maximum absolute atomic E-state index is 13.4. The second-order valence-corrected chi connectivity index (χ2v) is 4.38. The molecular formula is C14H18FNO3. The van der Waals surface area contributed by atoms with E-state index >= 15 is 0 Å². The SMILES string of the molecule is CC[C@H](C)[C@@H](/C=C/[N+](=O)[O-])OCc1ccccc1F. The zero-order chi connectivity index (χ0) is 14.3. The van der Waals surface area contributed by atoms with E-state index in [4.69, 9.17) is 4.74 Å². The normalized spacial score (nSPS) is 14.5. The Hall–Kier alpha value is -1.75. The van der Waals surface area contributed by atoms with E-state index in [0.717, 1.165) is 12.6 Å². The van der Waals surface area contributed by atoms with Crippen LogP contribution in [0.15, 0.2) is 36.5 Å². The quantitative estimate of drug-likeness (QED) is 0.560. The van der Waals surface area contributed by atoms with E-state index in [2.05, 4.69) is 0 Å². The van der Waals surface area contributed by atoms with Crippen molar-refractivity contribution in [1.29, 1.82) is 0 Å². The van der Waals surface area contributed by atoms with Crippen molar-refractivity contribution in [3.05, 3.63) is 58.0 Å². The van der Waals surface area contributed by atoms with Gasteiger partial charge in [-0.15, -0.1) is 0 Å². The molecule has 0 saturated carbocycles. The molecule has 0 aliphatic heterocycles. The molecule has 0 heterocycles. The molecule has 0 aromatic heterocycles. The van der Waals surface area contributed by atoms with Gasteiger partial charge in [0, 0.05) is 11.6 Å². The van der Waals surface area contributed by atoms with Gasteiger partial charge < -0.3 is 4.74 Å². The van der Waals surface area contributed by atoms with Crippen LogP contribution < -0.4 is 0 Å². The fourth-order valence-corrected chi connectivity index (χ4v) is 1.60. The van der Waals surface area contributed by atoms with Gasteiger partial charge in [-0.2, -0.15) is 0 Å². The first kappa shape index (κ1) is 15.3. The molecule has 0 aliphatic carbocycles. The molecule has 0 amide bonds. The first-order valence-electron chi connectivity index (χ1n) is 6.21. The Labute approximate surface area is 112 Å². The van der Waals surface area contributed by atoms with Crippen LogP contribution in [-0.2, 0) is 11.3 Å². The van der Waals surface area contributed by atoms with Gasteiger partial charge >= 0.3 is 0 Å². The second-order valence-electron chi connectivity index (χ2n) is 4.38. The molecule has 0 aliphatic rings. The van der Waals surface area contributed by atoms with Crippen molar-refractivity contribution < 1.29 is 14.1 Å². The zero-order valence-corrected chi connectivity index (χ0v) is 11.1. The average Bonchev–Trinajstić information content (AvgIpc) is 2.39. The molecule has 0 saturated heterocycles. The highest BCUT2D eigenvalue weighted by Crippen LogP contribution is 2.16. The van der Waals surface area contributed by atoms with Gasteiger partial charge in [0.25, 0.3) is 0 Å². The topological polar surface area (TPSA) is 52.4 Å². The molecule has 0 unspecified atom stereocenters. The van der Waals surface area contributed by atoms with Crippen LogP contribution in [0.4, 0.5) is 4.39 Å². The minimum absolute atomic E-state index is 0.101. The number of ether oxygens (including phenoxy) is 1. The summed E-state index contributed by atoms with van der Waals surface area (Å²) in [6, 6.07) is 6.34. The lowest BCUT2D eigenvalue weighted by molar-refractivity contribution is -0.403. The predicted molar refractivity (Wildman–Crippen MR) is 70.6 cm³/mol.